The summed E-state index contributed by atoms with van der Waals surface area (Å²) in [6.07, 6.45) is 5.67. The van der Waals surface area contributed by atoms with E-state index in [-0.39, 0.29) is 0 Å². The molecule has 3 unspecified atom stereocenters. The van der Waals surface area contributed by atoms with Gasteiger partial charge in [-0.15, -0.1) is 0 Å². The first-order valence-electron chi connectivity index (χ1n) is 9.99. The van der Waals surface area contributed by atoms with Crippen LogP contribution < -0.4 is 0 Å². The van der Waals surface area contributed by atoms with Gasteiger partial charge in [-0.05, 0) is 84.1 Å². The number of likely N-dealkylation sites (tertiary alicyclic amines) is 2. The van der Waals surface area contributed by atoms with Gasteiger partial charge in [0.05, 0.1) is 0 Å². The summed E-state index contributed by atoms with van der Waals surface area (Å²) >= 11 is 2.29. The zero-order valence-corrected chi connectivity index (χ0v) is 17.2. The van der Waals surface area contributed by atoms with Gasteiger partial charge in [0.1, 0.15) is 0 Å². The van der Waals surface area contributed by atoms with Crippen LogP contribution in [0, 0.1) is 11.8 Å². The van der Waals surface area contributed by atoms with Crippen molar-refractivity contribution in [2.45, 2.75) is 90.6 Å². The van der Waals surface area contributed by atoms with Gasteiger partial charge < -0.3 is 0 Å². The summed E-state index contributed by atoms with van der Waals surface area (Å²) in [5, 5.41) is 0.881. The van der Waals surface area contributed by atoms with Crippen LogP contribution in [0.25, 0.3) is 0 Å². The molecular formula is C20H40N2S. The summed E-state index contributed by atoms with van der Waals surface area (Å²) < 4.78 is 0. The minimum Gasteiger partial charge on any atom is -0.300 e. The van der Waals surface area contributed by atoms with Crippen LogP contribution in [0.5, 0.6) is 0 Å². The van der Waals surface area contributed by atoms with Crippen molar-refractivity contribution >= 4 is 11.8 Å². The Morgan fingerprint density at radius 3 is 2.30 bits per heavy atom. The van der Waals surface area contributed by atoms with E-state index in [9.17, 15) is 0 Å². The van der Waals surface area contributed by atoms with Gasteiger partial charge in [-0.25, -0.2) is 0 Å². The average Bonchev–Trinajstić information content (AvgIpc) is 2.52. The Balaban J connectivity index is 1.80. The van der Waals surface area contributed by atoms with E-state index < -0.39 is 0 Å². The topological polar surface area (TPSA) is 6.48 Å². The summed E-state index contributed by atoms with van der Waals surface area (Å²) in [5.41, 5.74) is 0. The maximum atomic E-state index is 2.76. The van der Waals surface area contributed by atoms with E-state index in [1.807, 2.05) is 0 Å². The Morgan fingerprint density at radius 1 is 0.957 bits per heavy atom. The van der Waals surface area contributed by atoms with Crippen molar-refractivity contribution in [2.75, 3.05) is 25.4 Å². The molecule has 0 amide bonds. The molecule has 0 aromatic carbocycles. The Bertz CT molecular complexity index is 343. The molecule has 2 aliphatic rings. The highest BCUT2D eigenvalue weighted by Gasteiger charge is 2.32. The normalized spacial score (nSPS) is 31.4. The standard InChI is InChI=1S/C20H40N2S/c1-15(2)20-12-18(9-11-22(20)17(5)6)14-23-19-8-7-10-21(13-19)16(3)4/h15-20H,7-14H2,1-6H3. The lowest BCUT2D eigenvalue weighted by Gasteiger charge is -2.44. The van der Waals surface area contributed by atoms with Crippen LogP contribution in [0.3, 0.4) is 0 Å². The smallest absolute Gasteiger partial charge is 0.0175 e. The molecule has 0 bridgehead atoms. The van der Waals surface area contributed by atoms with Crippen LogP contribution in [0.15, 0.2) is 0 Å². The third kappa shape index (κ3) is 5.64. The first-order valence-corrected chi connectivity index (χ1v) is 11.0. The summed E-state index contributed by atoms with van der Waals surface area (Å²) in [6.45, 7) is 18.2. The Hall–Kier alpha value is 0.270. The number of hydrogen-bond acceptors (Lipinski definition) is 3. The first kappa shape index (κ1) is 19.6. The van der Waals surface area contributed by atoms with Crippen molar-refractivity contribution in [3.8, 4) is 0 Å². The largest absolute Gasteiger partial charge is 0.300 e. The third-order valence-electron chi connectivity index (χ3n) is 5.94. The lowest BCUT2D eigenvalue weighted by molar-refractivity contribution is 0.0593. The molecule has 2 heterocycles. The van der Waals surface area contributed by atoms with Crippen LogP contribution in [-0.2, 0) is 0 Å². The predicted molar refractivity (Wildman–Crippen MR) is 105 cm³/mol. The SMILES string of the molecule is CC(C)C1CC(CSC2CCCN(C(C)C)C2)CCN1C(C)C. The molecule has 0 aliphatic carbocycles. The molecule has 3 atom stereocenters. The third-order valence-corrected chi connectivity index (χ3v) is 7.46. The summed E-state index contributed by atoms with van der Waals surface area (Å²) in [5.74, 6) is 3.12. The van der Waals surface area contributed by atoms with Crippen molar-refractivity contribution in [3.63, 3.8) is 0 Å². The molecule has 0 aromatic heterocycles. The molecule has 2 nitrogen and oxygen atoms in total. The van der Waals surface area contributed by atoms with Gasteiger partial charge in [0.25, 0.3) is 0 Å². The van der Waals surface area contributed by atoms with E-state index in [2.05, 4.69) is 63.1 Å². The fraction of sp³-hybridized carbons (Fsp3) is 1.00. The average molecular weight is 341 g/mol. The van der Waals surface area contributed by atoms with Crippen molar-refractivity contribution in [1.82, 2.24) is 9.80 Å². The molecule has 2 saturated heterocycles. The van der Waals surface area contributed by atoms with Gasteiger partial charge in [0.2, 0.25) is 0 Å². The van der Waals surface area contributed by atoms with Crippen LogP contribution >= 0.6 is 11.8 Å². The molecule has 0 spiro atoms. The number of piperidine rings is 2. The first-order chi connectivity index (χ1) is 10.9. The summed E-state index contributed by atoms with van der Waals surface area (Å²) in [7, 11) is 0. The van der Waals surface area contributed by atoms with Crippen molar-refractivity contribution in [3.05, 3.63) is 0 Å². The minimum atomic E-state index is 0.703. The van der Waals surface area contributed by atoms with E-state index in [0.29, 0.717) is 6.04 Å². The van der Waals surface area contributed by atoms with E-state index in [4.69, 9.17) is 0 Å². The van der Waals surface area contributed by atoms with Gasteiger partial charge in [0, 0.05) is 29.9 Å². The predicted octanol–water partition coefficient (Wildman–Crippen LogP) is 4.74. The van der Waals surface area contributed by atoms with Crippen molar-refractivity contribution in [2.24, 2.45) is 11.8 Å². The van der Waals surface area contributed by atoms with Crippen LogP contribution in [0.2, 0.25) is 0 Å². The second-order valence-corrected chi connectivity index (χ2v) is 10.1. The lowest BCUT2D eigenvalue weighted by atomic mass is 9.85. The van der Waals surface area contributed by atoms with Crippen LogP contribution in [0.4, 0.5) is 0 Å². The molecule has 2 aliphatic heterocycles. The zero-order valence-electron chi connectivity index (χ0n) is 16.4. The van der Waals surface area contributed by atoms with Gasteiger partial charge in [-0.2, -0.15) is 11.8 Å². The second-order valence-electron chi connectivity index (χ2n) is 8.72. The maximum Gasteiger partial charge on any atom is 0.0175 e. The van der Waals surface area contributed by atoms with Crippen LogP contribution in [-0.4, -0.2) is 58.6 Å². The van der Waals surface area contributed by atoms with E-state index in [1.54, 1.807) is 0 Å². The zero-order chi connectivity index (χ0) is 17.0. The molecule has 0 saturated carbocycles. The van der Waals surface area contributed by atoms with E-state index in [0.717, 1.165) is 29.2 Å². The van der Waals surface area contributed by atoms with Gasteiger partial charge in [-0.3, -0.25) is 9.80 Å². The number of thioether (sulfide) groups is 1. The molecule has 0 N–H and O–H groups in total. The maximum absolute atomic E-state index is 2.76. The highest BCUT2D eigenvalue weighted by molar-refractivity contribution is 7.99. The van der Waals surface area contributed by atoms with E-state index in [1.165, 1.54) is 51.1 Å². The molecule has 23 heavy (non-hydrogen) atoms. The molecule has 2 fully saturated rings. The summed E-state index contributed by atoms with van der Waals surface area (Å²) in [6, 6.07) is 2.22. The monoisotopic (exact) mass is 340 g/mol. The van der Waals surface area contributed by atoms with Crippen molar-refractivity contribution < 1.29 is 0 Å². The molecule has 2 rings (SSSR count). The Morgan fingerprint density at radius 2 is 1.70 bits per heavy atom. The summed E-state index contributed by atoms with van der Waals surface area (Å²) in [4.78, 5) is 5.44. The number of rotatable bonds is 6. The van der Waals surface area contributed by atoms with Gasteiger partial charge in [-0.1, -0.05) is 13.8 Å². The molecule has 3 heteroatoms. The van der Waals surface area contributed by atoms with Crippen molar-refractivity contribution in [1.29, 1.82) is 0 Å². The molecule has 136 valence electrons. The highest BCUT2D eigenvalue weighted by Crippen LogP contribution is 2.33. The molecule has 0 radical (unpaired) electrons. The highest BCUT2D eigenvalue weighted by atomic mass is 32.2. The number of nitrogens with zero attached hydrogens (tertiary/aromatic N) is 2. The molecule has 0 aromatic rings. The van der Waals surface area contributed by atoms with E-state index >= 15 is 0 Å². The Labute approximate surface area is 149 Å². The number of hydrogen-bond donors (Lipinski definition) is 0. The fourth-order valence-corrected chi connectivity index (χ4v) is 5.86. The lowest BCUT2D eigenvalue weighted by Crippen LogP contribution is -2.49. The van der Waals surface area contributed by atoms with Gasteiger partial charge >= 0.3 is 0 Å². The van der Waals surface area contributed by atoms with Gasteiger partial charge in [0.15, 0.2) is 0 Å². The van der Waals surface area contributed by atoms with Crippen LogP contribution in [0.1, 0.15) is 67.2 Å². The Kier molecular flexibility index (Phi) is 7.75. The second kappa shape index (κ2) is 9.10. The molecular weight excluding hydrogens is 300 g/mol. The quantitative estimate of drug-likeness (QED) is 0.690. The fourth-order valence-electron chi connectivity index (χ4n) is 4.38. The minimum absolute atomic E-state index is 0.703.